The lowest BCUT2D eigenvalue weighted by Crippen LogP contribution is -2.55. The molecule has 9 nitrogen and oxygen atoms in total. The maximum atomic E-state index is 12.3. The normalized spacial score (nSPS) is 19.5. The van der Waals surface area contributed by atoms with Crippen molar-refractivity contribution in [3.63, 3.8) is 0 Å². The van der Waals surface area contributed by atoms with E-state index >= 15 is 0 Å². The first-order chi connectivity index (χ1) is 11.2. The number of carbonyl (C=O) groups excluding carboxylic acids is 2. The van der Waals surface area contributed by atoms with E-state index in [9.17, 15) is 19.2 Å². The second-order valence-electron chi connectivity index (χ2n) is 6.34. The summed E-state index contributed by atoms with van der Waals surface area (Å²) in [6, 6.07) is -2.90. The minimum atomic E-state index is -1.31. The molecule has 0 unspecified atom stereocenters. The van der Waals surface area contributed by atoms with Gasteiger partial charge in [-0.1, -0.05) is 13.8 Å². The van der Waals surface area contributed by atoms with Crippen LogP contribution in [0.15, 0.2) is 0 Å². The first kappa shape index (κ1) is 19.9. The summed E-state index contributed by atoms with van der Waals surface area (Å²) in [5, 5.41) is 25.8. The number of amides is 2. The Bertz CT molecular complexity index is 488. The van der Waals surface area contributed by atoms with Crippen LogP contribution in [0.1, 0.15) is 39.5 Å². The molecular weight excluding hydrogens is 318 g/mol. The summed E-state index contributed by atoms with van der Waals surface area (Å²) >= 11 is 0. The first-order valence-corrected chi connectivity index (χ1v) is 7.99. The summed E-state index contributed by atoms with van der Waals surface area (Å²) < 4.78 is 0. The van der Waals surface area contributed by atoms with Crippen LogP contribution in [0.5, 0.6) is 0 Å². The fraction of sp³-hybridized carbons (Fsp3) is 0.733. The molecule has 0 aromatic heterocycles. The summed E-state index contributed by atoms with van der Waals surface area (Å²) in [7, 11) is 0. The van der Waals surface area contributed by atoms with Crippen LogP contribution in [0, 0.1) is 5.92 Å². The lowest BCUT2D eigenvalue weighted by molar-refractivity contribution is -0.143. The second-order valence-corrected chi connectivity index (χ2v) is 6.34. The van der Waals surface area contributed by atoms with Gasteiger partial charge in [-0.15, -0.1) is 0 Å². The fourth-order valence-corrected chi connectivity index (χ4v) is 2.53. The largest absolute Gasteiger partial charge is 0.481 e. The van der Waals surface area contributed by atoms with Gasteiger partial charge < -0.3 is 26.2 Å². The van der Waals surface area contributed by atoms with Crippen molar-refractivity contribution in [1.29, 1.82) is 0 Å². The van der Waals surface area contributed by atoms with Crippen LogP contribution in [0.2, 0.25) is 0 Å². The Balaban J connectivity index is 2.73. The van der Waals surface area contributed by atoms with Gasteiger partial charge in [0.2, 0.25) is 11.8 Å². The Hall–Kier alpha value is -2.16. The summed E-state index contributed by atoms with van der Waals surface area (Å²) in [6.45, 7) is 4.30. The Labute approximate surface area is 140 Å². The third-order valence-electron chi connectivity index (χ3n) is 3.71. The highest BCUT2D eigenvalue weighted by atomic mass is 16.4. The molecule has 1 heterocycles. The van der Waals surface area contributed by atoms with Gasteiger partial charge in [-0.2, -0.15) is 0 Å². The molecule has 1 rings (SSSR count). The number of hydrogen-bond donors (Lipinski definition) is 5. The quantitative estimate of drug-likeness (QED) is 0.373. The number of aliphatic carboxylic acids is 2. The minimum Gasteiger partial charge on any atom is -0.481 e. The van der Waals surface area contributed by atoms with Gasteiger partial charge >= 0.3 is 11.9 Å². The van der Waals surface area contributed by atoms with Crippen LogP contribution in [0.3, 0.4) is 0 Å². The van der Waals surface area contributed by atoms with E-state index in [4.69, 9.17) is 10.2 Å². The van der Waals surface area contributed by atoms with Crippen LogP contribution in [-0.4, -0.2) is 58.6 Å². The van der Waals surface area contributed by atoms with Gasteiger partial charge in [0.05, 0.1) is 12.5 Å². The van der Waals surface area contributed by atoms with Crippen molar-refractivity contribution in [1.82, 2.24) is 16.0 Å². The molecule has 1 aliphatic heterocycles. The molecule has 2 amide bonds. The van der Waals surface area contributed by atoms with E-state index in [1.807, 2.05) is 13.8 Å². The molecule has 1 saturated heterocycles. The van der Waals surface area contributed by atoms with Gasteiger partial charge in [-0.05, 0) is 31.7 Å². The monoisotopic (exact) mass is 343 g/mol. The molecule has 24 heavy (non-hydrogen) atoms. The molecule has 1 fully saturated rings. The number of carbonyl (C=O) groups is 4. The molecule has 1 aliphatic rings. The molecule has 0 radical (unpaired) electrons. The van der Waals surface area contributed by atoms with Crippen molar-refractivity contribution < 1.29 is 29.4 Å². The smallest absolute Gasteiger partial charge is 0.326 e. The Morgan fingerprint density at radius 3 is 2.25 bits per heavy atom. The number of hydrogen-bond acceptors (Lipinski definition) is 5. The molecule has 0 spiro atoms. The zero-order chi connectivity index (χ0) is 18.3. The lowest BCUT2D eigenvalue weighted by atomic mass is 10.0. The highest BCUT2D eigenvalue weighted by Crippen LogP contribution is 2.08. The van der Waals surface area contributed by atoms with Crippen LogP contribution in [-0.2, 0) is 19.2 Å². The maximum Gasteiger partial charge on any atom is 0.326 e. The summed E-state index contributed by atoms with van der Waals surface area (Å²) in [5.74, 6) is -3.69. The van der Waals surface area contributed by atoms with Crippen molar-refractivity contribution in [2.75, 3.05) is 6.54 Å². The predicted molar refractivity (Wildman–Crippen MR) is 84.2 cm³/mol. The molecule has 9 heteroatoms. The van der Waals surface area contributed by atoms with Gasteiger partial charge in [0.1, 0.15) is 12.1 Å². The van der Waals surface area contributed by atoms with E-state index in [-0.39, 0.29) is 12.3 Å². The molecule has 0 aromatic rings. The zero-order valence-electron chi connectivity index (χ0n) is 13.9. The Morgan fingerprint density at radius 2 is 1.79 bits per heavy atom. The van der Waals surface area contributed by atoms with Gasteiger partial charge in [0.15, 0.2) is 0 Å². The van der Waals surface area contributed by atoms with Crippen LogP contribution in [0.25, 0.3) is 0 Å². The summed E-state index contributed by atoms with van der Waals surface area (Å²) in [5.41, 5.74) is 0. The standard InChI is InChI=1S/C15H25N3O6/c1-8(2)6-11(15(23)24)18-14(22)10(7-12(19)20)17-13(21)9-4-3-5-16-9/h8-11,16H,3-7H2,1-2H3,(H,17,21)(H,18,22)(H,19,20)(H,23,24)/t9-,10-,11-/m0/s1. The average molecular weight is 343 g/mol. The van der Waals surface area contributed by atoms with Gasteiger partial charge in [-0.3, -0.25) is 14.4 Å². The highest BCUT2D eigenvalue weighted by Gasteiger charge is 2.31. The van der Waals surface area contributed by atoms with E-state index in [1.54, 1.807) is 0 Å². The number of carboxylic acids is 2. The third-order valence-corrected chi connectivity index (χ3v) is 3.71. The van der Waals surface area contributed by atoms with E-state index in [0.717, 1.165) is 6.42 Å². The van der Waals surface area contributed by atoms with E-state index in [2.05, 4.69) is 16.0 Å². The van der Waals surface area contributed by atoms with E-state index in [0.29, 0.717) is 13.0 Å². The molecule has 3 atom stereocenters. The average Bonchev–Trinajstić information content (AvgIpc) is 2.98. The van der Waals surface area contributed by atoms with Gasteiger partial charge in [0.25, 0.3) is 0 Å². The Kier molecular flexibility index (Phi) is 7.63. The Morgan fingerprint density at radius 1 is 1.12 bits per heavy atom. The van der Waals surface area contributed by atoms with Gasteiger partial charge in [-0.25, -0.2) is 4.79 Å². The summed E-state index contributed by atoms with van der Waals surface area (Å²) in [6.07, 6.45) is 1.03. The van der Waals surface area contributed by atoms with Crippen molar-refractivity contribution >= 4 is 23.8 Å². The topological polar surface area (TPSA) is 145 Å². The second kappa shape index (κ2) is 9.21. The molecule has 0 saturated carbocycles. The van der Waals surface area contributed by atoms with Gasteiger partial charge in [0, 0.05) is 0 Å². The molecule has 0 aliphatic carbocycles. The van der Waals surface area contributed by atoms with Crippen LogP contribution < -0.4 is 16.0 Å². The van der Waals surface area contributed by atoms with E-state index in [1.165, 1.54) is 0 Å². The van der Waals surface area contributed by atoms with Crippen molar-refractivity contribution in [3.05, 3.63) is 0 Å². The van der Waals surface area contributed by atoms with E-state index < -0.39 is 48.3 Å². The third kappa shape index (κ3) is 6.53. The number of carboxylic acid groups (broad SMARTS) is 2. The SMILES string of the molecule is CC(C)C[C@H](NC(=O)[C@H](CC(=O)O)NC(=O)[C@@H]1CCCN1)C(=O)O. The molecule has 0 bridgehead atoms. The minimum absolute atomic E-state index is 0.0293. The molecule has 5 N–H and O–H groups in total. The highest BCUT2D eigenvalue weighted by molar-refractivity contribution is 5.94. The fourth-order valence-electron chi connectivity index (χ4n) is 2.53. The van der Waals surface area contributed by atoms with Crippen molar-refractivity contribution in [2.24, 2.45) is 5.92 Å². The molecule has 0 aromatic carbocycles. The number of rotatable bonds is 9. The zero-order valence-corrected chi connectivity index (χ0v) is 13.9. The summed E-state index contributed by atoms with van der Waals surface area (Å²) in [4.78, 5) is 46.5. The first-order valence-electron chi connectivity index (χ1n) is 7.99. The molecule has 136 valence electrons. The number of nitrogens with one attached hydrogen (secondary N) is 3. The maximum absolute atomic E-state index is 12.3. The van der Waals surface area contributed by atoms with Crippen LogP contribution >= 0.6 is 0 Å². The van der Waals surface area contributed by atoms with Crippen molar-refractivity contribution in [2.45, 2.75) is 57.7 Å². The predicted octanol–water partition coefficient (Wildman–Crippen LogP) is -0.687. The van der Waals surface area contributed by atoms with Crippen LogP contribution in [0.4, 0.5) is 0 Å². The van der Waals surface area contributed by atoms with Crippen molar-refractivity contribution in [3.8, 4) is 0 Å². The lowest BCUT2D eigenvalue weighted by Gasteiger charge is -2.22. The molecular formula is C15H25N3O6.